The number of esters is 1. The molecular weight excluding hydrogens is 267 g/mol. The van der Waals surface area contributed by atoms with E-state index in [1.165, 1.54) is 25.3 Å². The van der Waals surface area contributed by atoms with Crippen LogP contribution in [0.15, 0.2) is 24.3 Å². The van der Waals surface area contributed by atoms with Crippen LogP contribution in [0.4, 0.5) is 4.39 Å². The third-order valence-corrected chi connectivity index (χ3v) is 2.63. The van der Waals surface area contributed by atoms with Gasteiger partial charge in [-0.15, -0.1) is 0 Å². The normalized spacial score (nSPS) is 11.5. The molecule has 0 radical (unpaired) electrons. The van der Waals surface area contributed by atoms with Crippen molar-refractivity contribution >= 4 is 17.8 Å². The van der Waals surface area contributed by atoms with Gasteiger partial charge in [0.15, 0.2) is 0 Å². The van der Waals surface area contributed by atoms with Gasteiger partial charge in [-0.2, -0.15) is 0 Å². The molecule has 0 unspecified atom stereocenters. The van der Waals surface area contributed by atoms with E-state index < -0.39 is 29.6 Å². The largest absolute Gasteiger partial charge is 0.469 e. The highest BCUT2D eigenvalue weighted by Crippen LogP contribution is 2.07. The highest BCUT2D eigenvalue weighted by atomic mass is 19.1. The summed E-state index contributed by atoms with van der Waals surface area (Å²) in [6.07, 6.45) is -0.0934. The van der Waals surface area contributed by atoms with E-state index in [-0.39, 0.29) is 18.4 Å². The van der Waals surface area contributed by atoms with Gasteiger partial charge in [-0.1, -0.05) is 12.1 Å². The Morgan fingerprint density at radius 3 is 2.55 bits per heavy atom. The quantitative estimate of drug-likeness (QED) is 0.736. The van der Waals surface area contributed by atoms with Crippen LogP contribution in [0.1, 0.15) is 23.2 Å². The molecule has 1 aromatic carbocycles. The summed E-state index contributed by atoms with van der Waals surface area (Å²) in [4.78, 5) is 34.0. The van der Waals surface area contributed by atoms with Crippen molar-refractivity contribution in [2.45, 2.75) is 18.9 Å². The van der Waals surface area contributed by atoms with Gasteiger partial charge in [0, 0.05) is 6.42 Å². The van der Waals surface area contributed by atoms with Crippen molar-refractivity contribution in [3.8, 4) is 0 Å². The van der Waals surface area contributed by atoms with Crippen LogP contribution in [-0.4, -0.2) is 30.9 Å². The molecule has 0 fully saturated rings. The van der Waals surface area contributed by atoms with Gasteiger partial charge in [-0.25, -0.2) is 4.39 Å². The molecule has 6 nitrogen and oxygen atoms in total. The predicted octanol–water partition coefficient (Wildman–Crippen LogP) is 0.363. The number of nitrogens with one attached hydrogen (secondary N) is 1. The fourth-order valence-electron chi connectivity index (χ4n) is 1.53. The second kappa shape index (κ2) is 7.22. The summed E-state index contributed by atoms with van der Waals surface area (Å²) in [5.41, 5.74) is 4.93. The summed E-state index contributed by atoms with van der Waals surface area (Å²) in [5.74, 6) is -2.81. The Balaban J connectivity index is 2.71. The molecule has 0 aromatic heterocycles. The summed E-state index contributed by atoms with van der Waals surface area (Å²) in [6, 6.07) is 4.27. The molecular formula is C13H15FN2O4. The Kier molecular flexibility index (Phi) is 5.64. The van der Waals surface area contributed by atoms with Crippen molar-refractivity contribution in [1.82, 2.24) is 5.32 Å². The lowest BCUT2D eigenvalue weighted by molar-refractivity contribution is -0.140. The molecule has 0 bridgehead atoms. The number of nitrogens with two attached hydrogens (primary N) is 1. The van der Waals surface area contributed by atoms with Crippen LogP contribution in [0.2, 0.25) is 0 Å². The van der Waals surface area contributed by atoms with Crippen LogP contribution in [0.25, 0.3) is 0 Å². The molecule has 1 atom stereocenters. The highest BCUT2D eigenvalue weighted by molar-refractivity contribution is 5.97. The Morgan fingerprint density at radius 1 is 1.35 bits per heavy atom. The van der Waals surface area contributed by atoms with E-state index in [1.54, 1.807) is 0 Å². The maximum Gasteiger partial charge on any atom is 0.305 e. The van der Waals surface area contributed by atoms with Gasteiger partial charge in [0.25, 0.3) is 5.91 Å². The molecule has 0 heterocycles. The molecule has 2 amide bonds. The minimum absolute atomic E-state index is 0.0117. The smallest absolute Gasteiger partial charge is 0.305 e. The molecule has 108 valence electrons. The van der Waals surface area contributed by atoms with Crippen molar-refractivity contribution in [3.63, 3.8) is 0 Å². The number of carbonyl (C=O) groups is 3. The van der Waals surface area contributed by atoms with Gasteiger partial charge < -0.3 is 15.8 Å². The SMILES string of the molecule is COC(=O)CC[C@@H](NC(=O)c1ccccc1F)C(N)=O. The first kappa shape index (κ1) is 15.6. The van der Waals surface area contributed by atoms with Gasteiger partial charge in [0.2, 0.25) is 5.91 Å². The van der Waals surface area contributed by atoms with Gasteiger partial charge in [0.05, 0.1) is 12.7 Å². The van der Waals surface area contributed by atoms with E-state index in [9.17, 15) is 18.8 Å². The molecule has 0 spiro atoms. The van der Waals surface area contributed by atoms with E-state index in [4.69, 9.17) is 5.73 Å². The van der Waals surface area contributed by atoms with Crippen LogP contribution >= 0.6 is 0 Å². The first-order valence-electron chi connectivity index (χ1n) is 5.87. The fourth-order valence-corrected chi connectivity index (χ4v) is 1.53. The Hall–Kier alpha value is -2.44. The van der Waals surface area contributed by atoms with Crippen molar-refractivity contribution in [3.05, 3.63) is 35.6 Å². The van der Waals surface area contributed by atoms with Crippen LogP contribution in [0, 0.1) is 5.82 Å². The molecule has 0 aliphatic rings. The summed E-state index contributed by atoms with van der Waals surface area (Å²) >= 11 is 0. The van der Waals surface area contributed by atoms with Crippen LogP contribution in [-0.2, 0) is 14.3 Å². The van der Waals surface area contributed by atoms with E-state index >= 15 is 0 Å². The number of hydrogen-bond donors (Lipinski definition) is 2. The monoisotopic (exact) mass is 282 g/mol. The Bertz CT molecular complexity index is 519. The van der Waals surface area contributed by atoms with E-state index in [2.05, 4.69) is 10.1 Å². The number of hydrogen-bond acceptors (Lipinski definition) is 4. The Labute approximate surface area is 115 Å². The molecule has 1 aromatic rings. The number of methoxy groups -OCH3 is 1. The lowest BCUT2D eigenvalue weighted by Gasteiger charge is -2.15. The number of ether oxygens (including phenoxy) is 1. The summed E-state index contributed by atoms with van der Waals surface area (Å²) < 4.78 is 17.8. The summed E-state index contributed by atoms with van der Waals surface area (Å²) in [6.45, 7) is 0. The zero-order chi connectivity index (χ0) is 15.1. The first-order chi connectivity index (χ1) is 9.45. The number of primary amides is 1. The molecule has 20 heavy (non-hydrogen) atoms. The third-order valence-electron chi connectivity index (χ3n) is 2.63. The molecule has 0 aliphatic carbocycles. The molecule has 0 aliphatic heterocycles. The van der Waals surface area contributed by atoms with Gasteiger partial charge in [-0.3, -0.25) is 14.4 Å². The maximum atomic E-state index is 13.4. The molecule has 0 saturated carbocycles. The molecule has 1 rings (SSSR count). The van der Waals surface area contributed by atoms with Crippen molar-refractivity contribution in [2.24, 2.45) is 5.73 Å². The number of carbonyl (C=O) groups excluding carboxylic acids is 3. The zero-order valence-corrected chi connectivity index (χ0v) is 10.9. The number of benzene rings is 1. The fraction of sp³-hybridized carbons (Fsp3) is 0.308. The summed E-state index contributed by atoms with van der Waals surface area (Å²) in [5, 5.41) is 2.29. The second-order valence-electron chi connectivity index (χ2n) is 4.02. The Morgan fingerprint density at radius 2 is 2.00 bits per heavy atom. The average Bonchev–Trinajstić information content (AvgIpc) is 2.42. The number of amides is 2. The lowest BCUT2D eigenvalue weighted by Crippen LogP contribution is -2.44. The lowest BCUT2D eigenvalue weighted by atomic mass is 10.1. The summed E-state index contributed by atoms with van der Waals surface area (Å²) in [7, 11) is 1.21. The number of halogens is 1. The molecule has 7 heteroatoms. The molecule has 3 N–H and O–H groups in total. The minimum atomic E-state index is -1.07. The maximum absolute atomic E-state index is 13.4. The minimum Gasteiger partial charge on any atom is -0.469 e. The van der Waals surface area contributed by atoms with Gasteiger partial charge in [0.1, 0.15) is 11.9 Å². The van der Waals surface area contributed by atoms with E-state index in [0.717, 1.165) is 6.07 Å². The predicted molar refractivity (Wildman–Crippen MR) is 68.1 cm³/mol. The van der Waals surface area contributed by atoms with Gasteiger partial charge >= 0.3 is 5.97 Å². The van der Waals surface area contributed by atoms with E-state index in [0.29, 0.717) is 0 Å². The standard InChI is InChI=1S/C13H15FN2O4/c1-20-11(17)7-6-10(12(15)18)16-13(19)8-4-2-3-5-9(8)14/h2-5,10H,6-7H2,1H3,(H2,15,18)(H,16,19)/t10-/m1/s1. The molecule has 0 saturated heterocycles. The first-order valence-corrected chi connectivity index (χ1v) is 5.87. The topological polar surface area (TPSA) is 98.5 Å². The van der Waals surface area contributed by atoms with Crippen LogP contribution in [0.3, 0.4) is 0 Å². The second-order valence-corrected chi connectivity index (χ2v) is 4.02. The van der Waals surface area contributed by atoms with Gasteiger partial charge in [-0.05, 0) is 18.6 Å². The van der Waals surface area contributed by atoms with Crippen LogP contribution < -0.4 is 11.1 Å². The highest BCUT2D eigenvalue weighted by Gasteiger charge is 2.21. The number of rotatable bonds is 6. The average molecular weight is 282 g/mol. The zero-order valence-electron chi connectivity index (χ0n) is 10.9. The van der Waals surface area contributed by atoms with E-state index in [1.807, 2.05) is 0 Å². The van der Waals surface area contributed by atoms with Crippen molar-refractivity contribution in [1.29, 1.82) is 0 Å². The van der Waals surface area contributed by atoms with Crippen molar-refractivity contribution in [2.75, 3.05) is 7.11 Å². The van der Waals surface area contributed by atoms with Crippen molar-refractivity contribution < 1.29 is 23.5 Å². The van der Waals surface area contributed by atoms with Crippen LogP contribution in [0.5, 0.6) is 0 Å². The third kappa shape index (κ3) is 4.34.